The van der Waals surface area contributed by atoms with Gasteiger partial charge in [-0.3, -0.25) is 5.41 Å². The molecule has 2 rings (SSSR count). The molecule has 4 heteroatoms. The Morgan fingerprint density at radius 2 is 2.29 bits per heavy atom. The zero-order valence-electron chi connectivity index (χ0n) is 10.2. The van der Waals surface area contributed by atoms with E-state index in [1.165, 1.54) is 19.3 Å². The Bertz CT molecular complexity index is 413. The fraction of sp³-hybridized carbons (Fsp3) is 0.538. The molecule has 1 aromatic heterocycles. The van der Waals surface area contributed by atoms with Crippen molar-refractivity contribution in [3.8, 4) is 5.88 Å². The molecule has 0 unspecified atom stereocenters. The smallest absolute Gasteiger partial charge is 0.214 e. The van der Waals surface area contributed by atoms with Crippen LogP contribution in [-0.2, 0) is 0 Å². The van der Waals surface area contributed by atoms with Crippen LogP contribution in [0.15, 0.2) is 12.1 Å². The Morgan fingerprint density at radius 3 is 2.88 bits per heavy atom. The second-order valence-corrected chi connectivity index (χ2v) is 4.68. The molecule has 3 N–H and O–H groups in total. The molecule has 4 nitrogen and oxygen atoms in total. The molecule has 0 radical (unpaired) electrons. The molecular formula is C13H19N3O. The first-order valence-electron chi connectivity index (χ1n) is 6.11. The Morgan fingerprint density at radius 1 is 1.53 bits per heavy atom. The zero-order chi connectivity index (χ0) is 12.3. The molecule has 1 aliphatic carbocycles. The van der Waals surface area contributed by atoms with Crippen molar-refractivity contribution < 1.29 is 4.74 Å². The van der Waals surface area contributed by atoms with Gasteiger partial charge in [0.25, 0.3) is 0 Å². The van der Waals surface area contributed by atoms with Crippen molar-refractivity contribution in [3.05, 3.63) is 23.4 Å². The number of aromatic nitrogens is 1. The maximum Gasteiger partial charge on any atom is 0.214 e. The van der Waals surface area contributed by atoms with Gasteiger partial charge in [-0.1, -0.05) is 19.3 Å². The van der Waals surface area contributed by atoms with Crippen molar-refractivity contribution >= 4 is 5.84 Å². The lowest BCUT2D eigenvalue weighted by Gasteiger charge is -2.24. The summed E-state index contributed by atoms with van der Waals surface area (Å²) in [5.41, 5.74) is 6.97. The van der Waals surface area contributed by atoms with Crippen molar-refractivity contribution in [2.75, 3.05) is 6.61 Å². The van der Waals surface area contributed by atoms with Crippen LogP contribution in [-0.4, -0.2) is 17.4 Å². The fourth-order valence-electron chi connectivity index (χ4n) is 1.98. The van der Waals surface area contributed by atoms with Crippen LogP contribution in [0.25, 0.3) is 0 Å². The summed E-state index contributed by atoms with van der Waals surface area (Å²) in [5, 5.41) is 7.41. The number of amidine groups is 1. The molecule has 0 bridgehead atoms. The summed E-state index contributed by atoms with van der Waals surface area (Å²) in [6, 6.07) is 3.53. The van der Waals surface area contributed by atoms with E-state index in [1.54, 1.807) is 12.1 Å². The van der Waals surface area contributed by atoms with E-state index in [-0.39, 0.29) is 5.84 Å². The first-order valence-corrected chi connectivity index (χ1v) is 6.11. The summed E-state index contributed by atoms with van der Waals surface area (Å²) < 4.78 is 5.62. The van der Waals surface area contributed by atoms with Gasteiger partial charge in [0.1, 0.15) is 5.84 Å². The van der Waals surface area contributed by atoms with E-state index in [1.807, 2.05) is 6.92 Å². The number of nitrogens with one attached hydrogen (secondary N) is 1. The Hall–Kier alpha value is -1.58. The summed E-state index contributed by atoms with van der Waals surface area (Å²) in [6.07, 6.45) is 5.14. The predicted molar refractivity (Wildman–Crippen MR) is 67.4 cm³/mol. The molecule has 0 spiro atoms. The number of nitrogen functional groups attached to an aromatic ring is 1. The summed E-state index contributed by atoms with van der Waals surface area (Å²) >= 11 is 0. The minimum absolute atomic E-state index is 0.0549. The van der Waals surface area contributed by atoms with E-state index in [4.69, 9.17) is 15.9 Å². The lowest BCUT2D eigenvalue weighted by molar-refractivity contribution is 0.217. The van der Waals surface area contributed by atoms with Crippen molar-refractivity contribution in [2.45, 2.75) is 32.6 Å². The molecule has 1 heterocycles. The monoisotopic (exact) mass is 233 g/mol. The summed E-state index contributed by atoms with van der Waals surface area (Å²) in [6.45, 7) is 2.59. The Kier molecular flexibility index (Phi) is 3.61. The molecule has 0 aliphatic heterocycles. The number of nitrogens with zero attached hydrogens (tertiary/aromatic N) is 1. The van der Waals surface area contributed by atoms with Crippen LogP contribution in [0.5, 0.6) is 5.88 Å². The second kappa shape index (κ2) is 5.17. The SMILES string of the molecule is Cc1cc(C(=N)N)cc(OCCC2CCC2)n1. The van der Waals surface area contributed by atoms with Crippen molar-refractivity contribution in [2.24, 2.45) is 11.7 Å². The highest BCUT2D eigenvalue weighted by Crippen LogP contribution is 2.29. The van der Waals surface area contributed by atoms with Gasteiger partial charge < -0.3 is 10.5 Å². The van der Waals surface area contributed by atoms with E-state index in [0.29, 0.717) is 18.1 Å². The van der Waals surface area contributed by atoms with Crippen LogP contribution >= 0.6 is 0 Å². The largest absolute Gasteiger partial charge is 0.478 e. The Balaban J connectivity index is 1.92. The zero-order valence-corrected chi connectivity index (χ0v) is 10.2. The predicted octanol–water partition coefficient (Wildman–Crippen LogP) is 2.24. The summed E-state index contributed by atoms with van der Waals surface area (Å²) in [7, 11) is 0. The van der Waals surface area contributed by atoms with E-state index in [0.717, 1.165) is 18.0 Å². The van der Waals surface area contributed by atoms with Crippen LogP contribution in [0.1, 0.15) is 36.9 Å². The lowest BCUT2D eigenvalue weighted by Crippen LogP contribution is -2.15. The van der Waals surface area contributed by atoms with E-state index in [2.05, 4.69) is 4.98 Å². The van der Waals surface area contributed by atoms with Gasteiger partial charge in [-0.2, -0.15) is 0 Å². The van der Waals surface area contributed by atoms with Crippen LogP contribution < -0.4 is 10.5 Å². The van der Waals surface area contributed by atoms with Crippen LogP contribution in [0.4, 0.5) is 0 Å². The highest BCUT2D eigenvalue weighted by molar-refractivity contribution is 5.95. The highest BCUT2D eigenvalue weighted by Gasteiger charge is 2.17. The molecule has 0 amide bonds. The fourth-order valence-corrected chi connectivity index (χ4v) is 1.98. The van der Waals surface area contributed by atoms with E-state index < -0.39 is 0 Å². The quantitative estimate of drug-likeness (QED) is 0.605. The number of hydrogen-bond acceptors (Lipinski definition) is 3. The number of nitrogens with two attached hydrogens (primary N) is 1. The van der Waals surface area contributed by atoms with Gasteiger partial charge in [0.05, 0.1) is 6.61 Å². The third-order valence-electron chi connectivity index (χ3n) is 3.24. The average Bonchev–Trinajstić information content (AvgIpc) is 2.21. The van der Waals surface area contributed by atoms with Crippen LogP contribution in [0.2, 0.25) is 0 Å². The highest BCUT2D eigenvalue weighted by atomic mass is 16.5. The molecule has 17 heavy (non-hydrogen) atoms. The third kappa shape index (κ3) is 3.19. The second-order valence-electron chi connectivity index (χ2n) is 4.68. The number of aryl methyl sites for hydroxylation is 1. The number of hydrogen-bond donors (Lipinski definition) is 2. The molecule has 0 saturated heterocycles. The average molecular weight is 233 g/mol. The first-order chi connectivity index (χ1) is 8.15. The Labute approximate surface area is 102 Å². The van der Waals surface area contributed by atoms with E-state index >= 15 is 0 Å². The summed E-state index contributed by atoms with van der Waals surface area (Å²) in [4.78, 5) is 4.28. The summed E-state index contributed by atoms with van der Waals surface area (Å²) in [5.74, 6) is 1.47. The first kappa shape index (κ1) is 11.9. The lowest BCUT2D eigenvalue weighted by atomic mass is 9.83. The van der Waals surface area contributed by atoms with Crippen molar-refractivity contribution in [1.29, 1.82) is 5.41 Å². The van der Waals surface area contributed by atoms with Crippen LogP contribution in [0, 0.1) is 18.3 Å². The minimum atomic E-state index is 0.0549. The van der Waals surface area contributed by atoms with E-state index in [9.17, 15) is 0 Å². The molecular weight excluding hydrogens is 214 g/mol. The molecule has 0 aromatic carbocycles. The van der Waals surface area contributed by atoms with Gasteiger partial charge in [0, 0.05) is 17.3 Å². The minimum Gasteiger partial charge on any atom is -0.478 e. The molecule has 0 atom stereocenters. The van der Waals surface area contributed by atoms with Gasteiger partial charge >= 0.3 is 0 Å². The third-order valence-corrected chi connectivity index (χ3v) is 3.24. The topological polar surface area (TPSA) is 72.0 Å². The van der Waals surface area contributed by atoms with Gasteiger partial charge in [0.15, 0.2) is 0 Å². The van der Waals surface area contributed by atoms with Crippen molar-refractivity contribution in [3.63, 3.8) is 0 Å². The molecule has 1 saturated carbocycles. The molecule has 1 aromatic rings. The van der Waals surface area contributed by atoms with Gasteiger partial charge in [0.2, 0.25) is 5.88 Å². The number of pyridine rings is 1. The van der Waals surface area contributed by atoms with Crippen LogP contribution in [0.3, 0.4) is 0 Å². The normalized spacial score (nSPS) is 15.4. The van der Waals surface area contributed by atoms with Gasteiger partial charge in [-0.15, -0.1) is 0 Å². The van der Waals surface area contributed by atoms with Crippen molar-refractivity contribution in [1.82, 2.24) is 4.98 Å². The molecule has 1 aliphatic rings. The standard InChI is InChI=1S/C13H19N3O/c1-9-7-11(13(14)15)8-12(16-9)17-6-5-10-3-2-4-10/h7-8,10H,2-6H2,1H3,(H3,14,15). The number of rotatable bonds is 5. The van der Waals surface area contributed by atoms with Gasteiger partial charge in [-0.25, -0.2) is 4.98 Å². The molecule has 92 valence electrons. The van der Waals surface area contributed by atoms with Gasteiger partial charge in [-0.05, 0) is 25.3 Å². The maximum absolute atomic E-state index is 7.41. The number of ether oxygens (including phenoxy) is 1. The maximum atomic E-state index is 7.41. The molecule has 1 fully saturated rings.